The molecule has 1 aliphatic rings. The van der Waals surface area contributed by atoms with E-state index in [4.69, 9.17) is 27.5 Å². The number of hydrogen-bond donors (Lipinski definition) is 1. The molecule has 3 rings (SSSR count). The van der Waals surface area contributed by atoms with E-state index in [9.17, 15) is 14.4 Å². The number of imide groups is 2. The van der Waals surface area contributed by atoms with Crippen molar-refractivity contribution in [2.75, 3.05) is 18.1 Å². The Labute approximate surface area is 178 Å². The molecule has 1 saturated heterocycles. The molecule has 7 nitrogen and oxygen atoms in total. The third-order valence-corrected chi connectivity index (χ3v) is 4.33. The number of benzene rings is 2. The van der Waals surface area contributed by atoms with Crippen molar-refractivity contribution in [3.05, 3.63) is 58.6 Å². The lowest BCUT2D eigenvalue weighted by atomic mass is 10.1. The minimum Gasteiger partial charge on any atom is -0.494 e. The van der Waals surface area contributed by atoms with Gasteiger partial charge in [-0.25, -0.2) is 9.69 Å². The maximum Gasteiger partial charge on any atom is 0.335 e. The van der Waals surface area contributed by atoms with Crippen LogP contribution in [0.4, 0.5) is 10.5 Å². The van der Waals surface area contributed by atoms with Gasteiger partial charge in [0.1, 0.15) is 23.7 Å². The van der Waals surface area contributed by atoms with E-state index in [2.05, 4.69) is 11.2 Å². The Morgan fingerprint density at radius 3 is 2.53 bits per heavy atom. The molecule has 1 N–H and O–H groups in total. The number of halogens is 1. The van der Waals surface area contributed by atoms with E-state index in [1.165, 1.54) is 12.1 Å². The molecule has 1 aliphatic heterocycles. The maximum absolute atomic E-state index is 13.0. The predicted octanol–water partition coefficient (Wildman–Crippen LogP) is 3.42. The highest BCUT2D eigenvalue weighted by Gasteiger charge is 2.37. The summed E-state index contributed by atoms with van der Waals surface area (Å²) in [6.07, 6.45) is 6.53. The van der Waals surface area contributed by atoms with Crippen LogP contribution in [0.25, 0.3) is 6.08 Å². The van der Waals surface area contributed by atoms with Gasteiger partial charge >= 0.3 is 6.03 Å². The molecule has 0 unspecified atom stereocenters. The minimum absolute atomic E-state index is 0.00522. The summed E-state index contributed by atoms with van der Waals surface area (Å²) in [6.45, 7) is 2.32. The molecule has 2 aromatic rings. The van der Waals surface area contributed by atoms with Crippen LogP contribution in [0.1, 0.15) is 12.5 Å². The quantitative estimate of drug-likeness (QED) is 0.436. The first kappa shape index (κ1) is 21.0. The molecule has 0 aromatic heterocycles. The zero-order valence-electron chi connectivity index (χ0n) is 16.0. The molecular weight excluding hydrogens is 408 g/mol. The highest BCUT2D eigenvalue weighted by Crippen LogP contribution is 2.28. The molecule has 152 valence electrons. The Bertz CT molecular complexity index is 1070. The highest BCUT2D eigenvalue weighted by atomic mass is 35.5. The summed E-state index contributed by atoms with van der Waals surface area (Å²) in [5.41, 5.74) is 0.405. The van der Waals surface area contributed by atoms with Crippen LogP contribution in [-0.2, 0) is 9.59 Å². The number of nitrogens with zero attached hydrogens (tertiary/aromatic N) is 1. The van der Waals surface area contributed by atoms with Gasteiger partial charge in [0.25, 0.3) is 11.8 Å². The first-order chi connectivity index (χ1) is 14.4. The second-order valence-corrected chi connectivity index (χ2v) is 6.50. The molecule has 2 aromatic carbocycles. The number of barbiturate groups is 1. The van der Waals surface area contributed by atoms with Crippen molar-refractivity contribution < 1.29 is 23.9 Å². The molecule has 0 radical (unpaired) electrons. The van der Waals surface area contributed by atoms with Crippen molar-refractivity contribution in [1.29, 1.82) is 0 Å². The normalized spacial score (nSPS) is 15.0. The van der Waals surface area contributed by atoms with Gasteiger partial charge in [0.05, 0.1) is 12.3 Å². The van der Waals surface area contributed by atoms with E-state index in [1.54, 1.807) is 36.4 Å². The first-order valence-corrected chi connectivity index (χ1v) is 9.32. The van der Waals surface area contributed by atoms with E-state index < -0.39 is 17.8 Å². The van der Waals surface area contributed by atoms with Gasteiger partial charge in [-0.1, -0.05) is 17.5 Å². The van der Waals surface area contributed by atoms with Crippen LogP contribution >= 0.6 is 11.6 Å². The number of nitrogens with one attached hydrogen (secondary N) is 1. The zero-order chi connectivity index (χ0) is 21.7. The number of urea groups is 1. The summed E-state index contributed by atoms with van der Waals surface area (Å²) in [7, 11) is 0. The summed E-state index contributed by atoms with van der Waals surface area (Å²) in [5.74, 6) is 1.67. The smallest absolute Gasteiger partial charge is 0.335 e. The monoisotopic (exact) mass is 424 g/mol. The molecular formula is C22H17ClN2O5. The van der Waals surface area contributed by atoms with E-state index >= 15 is 0 Å². The summed E-state index contributed by atoms with van der Waals surface area (Å²) in [6, 6.07) is 10.2. The molecule has 8 heteroatoms. The topological polar surface area (TPSA) is 84.9 Å². The van der Waals surface area contributed by atoms with Gasteiger partial charge in [-0.05, 0) is 55.5 Å². The van der Waals surface area contributed by atoms with Crippen LogP contribution in [0, 0.1) is 12.3 Å². The minimum atomic E-state index is -0.846. The van der Waals surface area contributed by atoms with Crippen LogP contribution < -0.4 is 19.7 Å². The number of carbonyl (C=O) groups is 3. The highest BCUT2D eigenvalue weighted by molar-refractivity contribution is 6.39. The van der Waals surface area contributed by atoms with Crippen molar-refractivity contribution in [2.45, 2.75) is 6.92 Å². The van der Waals surface area contributed by atoms with Gasteiger partial charge in [0.2, 0.25) is 0 Å². The Balaban J connectivity index is 1.98. The summed E-state index contributed by atoms with van der Waals surface area (Å²) < 4.78 is 10.8. The van der Waals surface area contributed by atoms with Crippen molar-refractivity contribution in [1.82, 2.24) is 5.32 Å². The molecule has 4 amide bonds. The van der Waals surface area contributed by atoms with Crippen LogP contribution in [0.15, 0.2) is 48.0 Å². The van der Waals surface area contributed by atoms with Gasteiger partial charge < -0.3 is 9.47 Å². The average molecular weight is 425 g/mol. The lowest BCUT2D eigenvalue weighted by Crippen LogP contribution is -2.54. The van der Waals surface area contributed by atoms with Gasteiger partial charge in [-0.2, -0.15) is 0 Å². The van der Waals surface area contributed by atoms with Crippen molar-refractivity contribution in [3.8, 4) is 23.8 Å². The lowest BCUT2D eigenvalue weighted by Gasteiger charge is -2.26. The predicted molar refractivity (Wildman–Crippen MR) is 112 cm³/mol. The number of carbonyl (C=O) groups excluding carboxylic acids is 3. The van der Waals surface area contributed by atoms with Crippen LogP contribution in [0.3, 0.4) is 0 Å². The standard InChI is InChI=1S/C22H17ClN2O5/c1-3-11-30-19-10-5-15(23)12-14(19)13-18-20(26)24-22(28)25(21(18)27)16-6-8-17(9-7-16)29-4-2/h1,5-10,12-13H,4,11H2,2H3,(H,24,26,28)/b18-13+. The van der Waals surface area contributed by atoms with Gasteiger partial charge in [-0.15, -0.1) is 6.42 Å². The second kappa shape index (κ2) is 9.16. The van der Waals surface area contributed by atoms with Gasteiger partial charge in [0.15, 0.2) is 0 Å². The largest absolute Gasteiger partial charge is 0.494 e. The summed E-state index contributed by atoms with van der Waals surface area (Å²) in [4.78, 5) is 38.6. The number of terminal acetylenes is 1. The van der Waals surface area contributed by atoms with Crippen LogP contribution in [0.5, 0.6) is 11.5 Å². The third kappa shape index (κ3) is 4.45. The number of amides is 4. The molecule has 1 heterocycles. The molecule has 0 aliphatic carbocycles. The molecule has 0 bridgehead atoms. The molecule has 30 heavy (non-hydrogen) atoms. The van der Waals surface area contributed by atoms with E-state index in [0.29, 0.717) is 28.7 Å². The average Bonchev–Trinajstić information content (AvgIpc) is 2.72. The summed E-state index contributed by atoms with van der Waals surface area (Å²) in [5, 5.41) is 2.54. The van der Waals surface area contributed by atoms with E-state index in [1.807, 2.05) is 6.92 Å². The Morgan fingerprint density at radius 2 is 1.87 bits per heavy atom. The van der Waals surface area contributed by atoms with E-state index in [-0.39, 0.29) is 17.9 Å². The number of hydrogen-bond acceptors (Lipinski definition) is 5. The van der Waals surface area contributed by atoms with E-state index in [0.717, 1.165) is 4.90 Å². The number of ether oxygens (including phenoxy) is 2. The fourth-order valence-corrected chi connectivity index (χ4v) is 2.97. The van der Waals surface area contributed by atoms with Crippen LogP contribution in [-0.4, -0.2) is 31.1 Å². The first-order valence-electron chi connectivity index (χ1n) is 8.94. The van der Waals surface area contributed by atoms with Gasteiger partial charge in [-0.3, -0.25) is 14.9 Å². The molecule has 1 fully saturated rings. The fourth-order valence-electron chi connectivity index (χ4n) is 2.79. The Kier molecular flexibility index (Phi) is 6.40. The zero-order valence-corrected chi connectivity index (χ0v) is 16.7. The Morgan fingerprint density at radius 1 is 1.13 bits per heavy atom. The van der Waals surface area contributed by atoms with Crippen molar-refractivity contribution >= 4 is 41.2 Å². The Hall–Kier alpha value is -3.76. The van der Waals surface area contributed by atoms with Crippen LogP contribution in [0.2, 0.25) is 5.02 Å². The lowest BCUT2D eigenvalue weighted by molar-refractivity contribution is -0.122. The number of rotatable bonds is 6. The van der Waals surface area contributed by atoms with Crippen molar-refractivity contribution in [2.24, 2.45) is 0 Å². The molecule has 0 spiro atoms. The second-order valence-electron chi connectivity index (χ2n) is 6.06. The summed E-state index contributed by atoms with van der Waals surface area (Å²) >= 11 is 6.04. The van der Waals surface area contributed by atoms with Gasteiger partial charge in [0, 0.05) is 10.6 Å². The SMILES string of the molecule is C#CCOc1ccc(Cl)cc1/C=C1\C(=O)NC(=O)N(c2ccc(OCC)cc2)C1=O. The van der Waals surface area contributed by atoms with Crippen molar-refractivity contribution in [3.63, 3.8) is 0 Å². The fraction of sp³-hybridized carbons (Fsp3) is 0.136. The maximum atomic E-state index is 13.0. The molecule has 0 atom stereocenters. The third-order valence-electron chi connectivity index (χ3n) is 4.09. The molecule has 0 saturated carbocycles. The number of anilines is 1.